The van der Waals surface area contributed by atoms with Gasteiger partial charge in [0.25, 0.3) is 5.78 Å². The molecule has 1 N–H and O–H groups in total. The summed E-state index contributed by atoms with van der Waals surface area (Å²) >= 11 is 0. The second kappa shape index (κ2) is 3.41. The number of aromatic nitrogens is 4. The fourth-order valence-electron chi connectivity index (χ4n) is 1.19. The summed E-state index contributed by atoms with van der Waals surface area (Å²) in [4.78, 5) is 18.3. The van der Waals surface area contributed by atoms with Gasteiger partial charge in [-0.1, -0.05) is 0 Å². The van der Waals surface area contributed by atoms with E-state index in [-0.39, 0.29) is 6.42 Å². The molecule has 0 unspecified atom stereocenters. The standard InChI is InChI=1S/C8H8N4O2/c13-7(14)2-1-6-5-10-8-9-3-4-11-12(6)8/h3-5H,1-2H2,(H,13,14). The molecule has 0 amide bonds. The number of nitrogens with zero attached hydrogens (tertiary/aromatic N) is 4. The van der Waals surface area contributed by atoms with Crippen molar-refractivity contribution in [1.82, 2.24) is 19.6 Å². The second-order valence-electron chi connectivity index (χ2n) is 2.80. The fraction of sp³-hybridized carbons (Fsp3) is 0.250. The van der Waals surface area contributed by atoms with Crippen molar-refractivity contribution >= 4 is 11.7 Å². The minimum Gasteiger partial charge on any atom is -0.481 e. The number of hydrogen-bond acceptors (Lipinski definition) is 4. The normalized spacial score (nSPS) is 10.6. The van der Waals surface area contributed by atoms with Crippen molar-refractivity contribution in [3.05, 3.63) is 24.3 Å². The van der Waals surface area contributed by atoms with Gasteiger partial charge in [-0.05, 0) is 0 Å². The SMILES string of the molecule is O=C(O)CCc1cnc2nccnn12. The number of aliphatic carboxylic acids is 1. The Kier molecular flexibility index (Phi) is 2.10. The van der Waals surface area contributed by atoms with Crippen LogP contribution in [0, 0.1) is 0 Å². The molecular weight excluding hydrogens is 184 g/mol. The van der Waals surface area contributed by atoms with Crippen LogP contribution >= 0.6 is 0 Å². The Balaban J connectivity index is 2.29. The molecule has 0 aromatic carbocycles. The highest BCUT2D eigenvalue weighted by Gasteiger charge is 2.06. The molecule has 72 valence electrons. The Hall–Kier alpha value is -1.98. The molecule has 2 aromatic heterocycles. The highest BCUT2D eigenvalue weighted by atomic mass is 16.4. The third-order valence-corrected chi connectivity index (χ3v) is 1.82. The zero-order chi connectivity index (χ0) is 9.97. The molecule has 0 fully saturated rings. The summed E-state index contributed by atoms with van der Waals surface area (Å²) in [6.45, 7) is 0. The minimum absolute atomic E-state index is 0.0738. The lowest BCUT2D eigenvalue weighted by atomic mass is 10.2. The van der Waals surface area contributed by atoms with E-state index in [9.17, 15) is 4.79 Å². The van der Waals surface area contributed by atoms with Crippen LogP contribution in [0.5, 0.6) is 0 Å². The molecule has 0 radical (unpaired) electrons. The molecule has 6 nitrogen and oxygen atoms in total. The third-order valence-electron chi connectivity index (χ3n) is 1.82. The minimum atomic E-state index is -0.830. The number of carbonyl (C=O) groups is 1. The van der Waals surface area contributed by atoms with E-state index >= 15 is 0 Å². The van der Waals surface area contributed by atoms with Crippen LogP contribution in [0.4, 0.5) is 0 Å². The number of imidazole rings is 1. The summed E-state index contributed by atoms with van der Waals surface area (Å²) in [5, 5.41) is 12.5. The number of aryl methyl sites for hydroxylation is 1. The van der Waals surface area contributed by atoms with Crippen molar-refractivity contribution in [2.45, 2.75) is 12.8 Å². The third kappa shape index (κ3) is 1.54. The van der Waals surface area contributed by atoms with E-state index in [1.54, 1.807) is 23.1 Å². The number of carboxylic acids is 1. The van der Waals surface area contributed by atoms with Crippen LogP contribution in [0.3, 0.4) is 0 Å². The van der Waals surface area contributed by atoms with Crippen LogP contribution in [0.1, 0.15) is 12.1 Å². The van der Waals surface area contributed by atoms with E-state index in [1.165, 1.54) is 0 Å². The van der Waals surface area contributed by atoms with E-state index in [0.717, 1.165) is 5.69 Å². The lowest BCUT2D eigenvalue weighted by molar-refractivity contribution is -0.136. The summed E-state index contributed by atoms with van der Waals surface area (Å²) in [5.41, 5.74) is 0.760. The maximum absolute atomic E-state index is 10.4. The van der Waals surface area contributed by atoms with Gasteiger partial charge in [0.05, 0.1) is 30.7 Å². The smallest absolute Gasteiger partial charge is 0.303 e. The summed E-state index contributed by atoms with van der Waals surface area (Å²) in [6, 6.07) is 0. The summed E-state index contributed by atoms with van der Waals surface area (Å²) in [6.07, 6.45) is 5.17. The van der Waals surface area contributed by atoms with Gasteiger partial charge in [-0.2, -0.15) is 5.10 Å². The van der Waals surface area contributed by atoms with E-state index in [0.29, 0.717) is 12.2 Å². The Bertz CT molecular complexity index is 465. The van der Waals surface area contributed by atoms with Crippen LogP contribution in [-0.4, -0.2) is 30.7 Å². The highest BCUT2D eigenvalue weighted by molar-refractivity contribution is 5.67. The van der Waals surface area contributed by atoms with Crippen LogP contribution in [0.25, 0.3) is 5.78 Å². The monoisotopic (exact) mass is 192 g/mol. The molecule has 0 spiro atoms. The average Bonchev–Trinajstić information content (AvgIpc) is 2.58. The largest absolute Gasteiger partial charge is 0.481 e. The number of fused-ring (bicyclic) bond motifs is 1. The van der Waals surface area contributed by atoms with Crippen LogP contribution in [-0.2, 0) is 11.2 Å². The van der Waals surface area contributed by atoms with Gasteiger partial charge in [0, 0.05) is 6.42 Å². The molecule has 0 saturated carbocycles. The predicted molar refractivity (Wildman–Crippen MR) is 46.7 cm³/mol. The number of carboxylic acid groups (broad SMARTS) is 1. The molecule has 6 heteroatoms. The quantitative estimate of drug-likeness (QED) is 0.748. The van der Waals surface area contributed by atoms with Crippen molar-refractivity contribution in [3.63, 3.8) is 0 Å². The van der Waals surface area contributed by atoms with Gasteiger partial charge in [-0.25, -0.2) is 14.5 Å². The van der Waals surface area contributed by atoms with Crippen molar-refractivity contribution < 1.29 is 9.90 Å². The first-order chi connectivity index (χ1) is 6.77. The maximum atomic E-state index is 10.4. The summed E-state index contributed by atoms with van der Waals surface area (Å²) in [5.74, 6) is -0.336. The van der Waals surface area contributed by atoms with Gasteiger partial charge in [0.2, 0.25) is 0 Å². The average molecular weight is 192 g/mol. The fourth-order valence-corrected chi connectivity index (χ4v) is 1.19. The van der Waals surface area contributed by atoms with Gasteiger partial charge in [-0.3, -0.25) is 4.79 Å². The van der Waals surface area contributed by atoms with Gasteiger partial charge < -0.3 is 5.11 Å². The van der Waals surface area contributed by atoms with Crippen molar-refractivity contribution in [2.24, 2.45) is 0 Å². The first-order valence-electron chi connectivity index (χ1n) is 4.13. The molecule has 0 aliphatic rings. The predicted octanol–water partition coefficient (Wildman–Crippen LogP) is 0.141. The van der Waals surface area contributed by atoms with Crippen molar-refractivity contribution in [3.8, 4) is 0 Å². The molecular formula is C8H8N4O2. The molecule has 14 heavy (non-hydrogen) atoms. The number of rotatable bonds is 3. The Labute approximate surface area is 79.2 Å². The molecule has 0 aliphatic heterocycles. The lowest BCUT2D eigenvalue weighted by Gasteiger charge is -1.96. The van der Waals surface area contributed by atoms with E-state index in [2.05, 4.69) is 15.1 Å². The second-order valence-corrected chi connectivity index (χ2v) is 2.80. The topological polar surface area (TPSA) is 80.4 Å². The first-order valence-corrected chi connectivity index (χ1v) is 4.13. The van der Waals surface area contributed by atoms with E-state index in [4.69, 9.17) is 5.11 Å². The Morgan fingerprint density at radius 2 is 2.29 bits per heavy atom. The van der Waals surface area contributed by atoms with E-state index < -0.39 is 5.97 Å². The molecule has 2 aromatic rings. The molecule has 0 saturated heterocycles. The molecule has 2 heterocycles. The lowest BCUT2D eigenvalue weighted by Crippen LogP contribution is -2.02. The maximum Gasteiger partial charge on any atom is 0.303 e. The molecule has 2 rings (SSSR count). The first kappa shape index (κ1) is 8.61. The van der Waals surface area contributed by atoms with Gasteiger partial charge in [-0.15, -0.1) is 0 Å². The van der Waals surface area contributed by atoms with Crippen molar-refractivity contribution in [2.75, 3.05) is 0 Å². The van der Waals surface area contributed by atoms with Crippen LogP contribution in [0.2, 0.25) is 0 Å². The Morgan fingerprint density at radius 1 is 1.43 bits per heavy atom. The zero-order valence-electron chi connectivity index (χ0n) is 7.29. The van der Waals surface area contributed by atoms with Crippen LogP contribution in [0.15, 0.2) is 18.6 Å². The van der Waals surface area contributed by atoms with E-state index in [1.807, 2.05) is 0 Å². The van der Waals surface area contributed by atoms with Crippen LogP contribution < -0.4 is 0 Å². The summed E-state index contributed by atoms with van der Waals surface area (Å²) in [7, 11) is 0. The van der Waals surface area contributed by atoms with Gasteiger partial charge in [0.1, 0.15) is 0 Å². The van der Waals surface area contributed by atoms with Crippen molar-refractivity contribution in [1.29, 1.82) is 0 Å². The zero-order valence-corrected chi connectivity index (χ0v) is 7.29. The molecule has 0 atom stereocenters. The summed E-state index contributed by atoms with van der Waals surface area (Å²) < 4.78 is 1.54. The highest BCUT2D eigenvalue weighted by Crippen LogP contribution is 2.03. The number of hydrogen-bond donors (Lipinski definition) is 1. The van der Waals surface area contributed by atoms with Gasteiger partial charge in [0.15, 0.2) is 0 Å². The molecule has 0 aliphatic carbocycles. The molecule has 0 bridgehead atoms. The Morgan fingerprint density at radius 3 is 3.07 bits per heavy atom. The van der Waals surface area contributed by atoms with Gasteiger partial charge >= 0.3 is 5.97 Å².